The number of carbonyl (C=O) groups is 2. The van der Waals surface area contributed by atoms with E-state index in [9.17, 15) is 18.4 Å². The number of rotatable bonds is 4. The predicted octanol–water partition coefficient (Wildman–Crippen LogP) is 5.69. The van der Waals surface area contributed by atoms with E-state index in [0.29, 0.717) is 41.8 Å². The number of aromatic nitrogens is 2. The van der Waals surface area contributed by atoms with Crippen molar-refractivity contribution >= 4 is 65.2 Å². The fourth-order valence-electron chi connectivity index (χ4n) is 3.02. The number of amides is 2. The number of carbonyl (C=O) groups excluding carboxylic acids is 2. The van der Waals surface area contributed by atoms with Gasteiger partial charge in [-0.1, -0.05) is 22.7 Å². The van der Waals surface area contributed by atoms with Crippen molar-refractivity contribution in [3.8, 4) is 0 Å². The van der Waals surface area contributed by atoms with Crippen molar-refractivity contribution in [2.45, 2.75) is 0 Å². The Bertz CT molecular complexity index is 1380. The molecule has 5 rings (SSSR count). The molecule has 32 heavy (non-hydrogen) atoms. The maximum absolute atomic E-state index is 13.3. The van der Waals surface area contributed by atoms with E-state index in [-0.39, 0.29) is 11.6 Å². The number of anilines is 2. The molecule has 0 atom stereocenters. The summed E-state index contributed by atoms with van der Waals surface area (Å²) in [6.07, 6.45) is 0. The van der Waals surface area contributed by atoms with Crippen molar-refractivity contribution in [2.75, 3.05) is 10.6 Å². The molecule has 0 saturated heterocycles. The monoisotopic (exact) mass is 466 g/mol. The van der Waals surface area contributed by atoms with Gasteiger partial charge in [0, 0.05) is 11.1 Å². The van der Waals surface area contributed by atoms with Crippen LogP contribution in [0, 0.1) is 11.6 Å². The third-order valence-corrected chi connectivity index (χ3v) is 6.42. The largest absolute Gasteiger partial charge is 0.298 e. The average molecular weight is 466 g/mol. The predicted molar refractivity (Wildman–Crippen MR) is 122 cm³/mol. The van der Waals surface area contributed by atoms with Crippen LogP contribution in [0.2, 0.25) is 0 Å². The molecule has 0 bridgehead atoms. The molecule has 2 heterocycles. The Morgan fingerprint density at radius 3 is 1.47 bits per heavy atom. The molecule has 0 unspecified atom stereocenters. The molecule has 0 radical (unpaired) electrons. The SMILES string of the molecule is O=C(Nc1nc2ccc(F)cc2s1)c1ccc(C(=O)Nc2nc3ccc(F)cc3s2)cc1. The van der Waals surface area contributed by atoms with Gasteiger partial charge in [0.2, 0.25) is 0 Å². The number of fused-ring (bicyclic) bond motifs is 2. The van der Waals surface area contributed by atoms with E-state index >= 15 is 0 Å². The molecule has 2 aromatic heterocycles. The fraction of sp³-hybridized carbons (Fsp3) is 0. The quantitative estimate of drug-likeness (QED) is 0.356. The minimum Gasteiger partial charge on any atom is -0.298 e. The standard InChI is InChI=1S/C22H12F2N4O2S2/c23-13-5-7-15-17(9-13)31-21(25-15)27-19(29)11-1-2-12(4-3-11)20(30)28-22-26-16-8-6-14(24)10-18(16)32-22/h1-10H,(H,25,27,29)(H,26,28,30). The molecule has 0 spiro atoms. The summed E-state index contributed by atoms with van der Waals surface area (Å²) in [5.41, 5.74) is 1.86. The number of nitrogens with one attached hydrogen (secondary N) is 2. The molecular weight excluding hydrogens is 454 g/mol. The van der Waals surface area contributed by atoms with Gasteiger partial charge in [0.05, 0.1) is 20.4 Å². The molecule has 2 N–H and O–H groups in total. The van der Waals surface area contributed by atoms with E-state index in [0.717, 1.165) is 0 Å². The summed E-state index contributed by atoms with van der Waals surface area (Å²) >= 11 is 2.34. The summed E-state index contributed by atoms with van der Waals surface area (Å²) in [6, 6.07) is 14.5. The lowest BCUT2D eigenvalue weighted by atomic mass is 10.1. The van der Waals surface area contributed by atoms with Crippen LogP contribution >= 0.6 is 22.7 Å². The van der Waals surface area contributed by atoms with Crippen molar-refractivity contribution in [1.82, 2.24) is 9.97 Å². The Balaban J connectivity index is 1.27. The zero-order valence-electron chi connectivity index (χ0n) is 16.1. The average Bonchev–Trinajstić information content (AvgIpc) is 3.35. The summed E-state index contributed by atoms with van der Waals surface area (Å²) in [5, 5.41) is 6.07. The molecule has 0 saturated carbocycles. The molecule has 5 aromatic rings. The van der Waals surface area contributed by atoms with Crippen molar-refractivity contribution in [3.63, 3.8) is 0 Å². The van der Waals surface area contributed by atoms with Crippen molar-refractivity contribution in [2.24, 2.45) is 0 Å². The van der Waals surface area contributed by atoms with Crippen LogP contribution in [0.3, 0.4) is 0 Å². The highest BCUT2D eigenvalue weighted by Crippen LogP contribution is 2.28. The maximum atomic E-state index is 13.3. The normalized spacial score (nSPS) is 11.1. The zero-order valence-corrected chi connectivity index (χ0v) is 17.7. The van der Waals surface area contributed by atoms with Gasteiger partial charge in [0.1, 0.15) is 11.6 Å². The molecule has 0 fully saturated rings. The van der Waals surface area contributed by atoms with Gasteiger partial charge < -0.3 is 0 Å². The zero-order chi connectivity index (χ0) is 22.2. The first-order valence-electron chi connectivity index (χ1n) is 9.29. The number of hydrogen-bond acceptors (Lipinski definition) is 6. The number of thiazole rings is 2. The second-order valence-electron chi connectivity index (χ2n) is 6.75. The first kappa shape index (κ1) is 20.2. The van der Waals surface area contributed by atoms with Crippen LogP contribution < -0.4 is 10.6 Å². The van der Waals surface area contributed by atoms with E-state index in [4.69, 9.17) is 0 Å². The molecular formula is C22H12F2N4O2S2. The number of halogens is 2. The van der Waals surface area contributed by atoms with Crippen LogP contribution in [0.1, 0.15) is 20.7 Å². The van der Waals surface area contributed by atoms with Crippen LogP contribution in [0.4, 0.5) is 19.0 Å². The Morgan fingerprint density at radius 2 is 1.06 bits per heavy atom. The Hall–Kier alpha value is -3.76. The van der Waals surface area contributed by atoms with Crippen molar-refractivity contribution in [3.05, 3.63) is 83.4 Å². The highest BCUT2D eigenvalue weighted by molar-refractivity contribution is 7.22. The van der Waals surface area contributed by atoms with Crippen LogP contribution in [-0.4, -0.2) is 21.8 Å². The second-order valence-corrected chi connectivity index (χ2v) is 8.81. The maximum Gasteiger partial charge on any atom is 0.257 e. The van der Waals surface area contributed by atoms with Crippen LogP contribution in [0.5, 0.6) is 0 Å². The second kappa shape index (κ2) is 8.06. The number of benzene rings is 3. The fourth-order valence-corrected chi connectivity index (χ4v) is 4.79. The van der Waals surface area contributed by atoms with Gasteiger partial charge >= 0.3 is 0 Å². The molecule has 10 heteroatoms. The summed E-state index contributed by atoms with van der Waals surface area (Å²) in [6.45, 7) is 0. The van der Waals surface area contributed by atoms with Gasteiger partial charge in [-0.2, -0.15) is 0 Å². The molecule has 158 valence electrons. The minimum absolute atomic E-state index is 0.336. The van der Waals surface area contributed by atoms with Gasteiger partial charge in [0.15, 0.2) is 10.3 Å². The first-order chi connectivity index (χ1) is 15.4. The van der Waals surface area contributed by atoms with E-state index in [1.54, 1.807) is 12.1 Å². The minimum atomic E-state index is -0.398. The Morgan fingerprint density at radius 1 is 0.656 bits per heavy atom. The molecule has 2 amide bonds. The lowest BCUT2D eigenvalue weighted by molar-refractivity contribution is 0.101. The van der Waals surface area contributed by atoms with Gasteiger partial charge in [-0.05, 0) is 60.7 Å². The van der Waals surface area contributed by atoms with E-state index < -0.39 is 11.8 Å². The third-order valence-electron chi connectivity index (χ3n) is 4.55. The summed E-state index contributed by atoms with van der Waals surface area (Å²) in [4.78, 5) is 33.5. The van der Waals surface area contributed by atoms with E-state index in [1.165, 1.54) is 71.2 Å². The van der Waals surface area contributed by atoms with Crippen molar-refractivity contribution < 1.29 is 18.4 Å². The number of nitrogens with zero attached hydrogens (tertiary/aromatic N) is 2. The molecule has 0 aliphatic heterocycles. The summed E-state index contributed by atoms with van der Waals surface area (Å²) < 4.78 is 27.9. The van der Waals surface area contributed by atoms with Crippen LogP contribution in [0.15, 0.2) is 60.7 Å². The Kier molecular flexibility index (Phi) is 5.08. The smallest absolute Gasteiger partial charge is 0.257 e. The topological polar surface area (TPSA) is 84.0 Å². The van der Waals surface area contributed by atoms with Gasteiger partial charge in [-0.15, -0.1) is 0 Å². The lowest BCUT2D eigenvalue weighted by Gasteiger charge is -2.04. The van der Waals surface area contributed by atoms with Gasteiger partial charge in [-0.25, -0.2) is 18.7 Å². The molecule has 3 aromatic carbocycles. The number of hydrogen-bond donors (Lipinski definition) is 2. The van der Waals surface area contributed by atoms with Crippen LogP contribution in [-0.2, 0) is 0 Å². The van der Waals surface area contributed by atoms with Gasteiger partial charge in [0.25, 0.3) is 11.8 Å². The van der Waals surface area contributed by atoms with E-state index in [1.807, 2.05) is 0 Å². The van der Waals surface area contributed by atoms with Crippen molar-refractivity contribution in [1.29, 1.82) is 0 Å². The summed E-state index contributed by atoms with van der Waals surface area (Å²) in [7, 11) is 0. The molecule has 0 aliphatic rings. The first-order valence-corrected chi connectivity index (χ1v) is 10.9. The lowest BCUT2D eigenvalue weighted by Crippen LogP contribution is -2.14. The van der Waals surface area contributed by atoms with Gasteiger partial charge in [-0.3, -0.25) is 20.2 Å². The highest BCUT2D eigenvalue weighted by Gasteiger charge is 2.14. The highest BCUT2D eigenvalue weighted by atomic mass is 32.1. The Labute approximate surface area is 187 Å². The van der Waals surface area contributed by atoms with Crippen LogP contribution in [0.25, 0.3) is 20.4 Å². The molecule has 6 nitrogen and oxygen atoms in total. The summed E-state index contributed by atoms with van der Waals surface area (Å²) in [5.74, 6) is -1.54. The third kappa shape index (κ3) is 4.05. The van der Waals surface area contributed by atoms with E-state index in [2.05, 4.69) is 20.6 Å². The molecule has 0 aliphatic carbocycles.